The molecule has 3 heterocycles. The molecule has 1 aromatic rings. The summed E-state index contributed by atoms with van der Waals surface area (Å²) in [5, 5.41) is 35.3. The number of esters is 3. The number of ketones is 1. The number of rotatable bonds is 9. The number of Topliss-reactive ketones (excluding diaryl/α,β-unsaturated/α-hetero) is 1. The molecular weight excluding hydrogens is 632 g/mol. The second-order valence-corrected chi connectivity index (χ2v) is 14.5. The summed E-state index contributed by atoms with van der Waals surface area (Å²) in [6.07, 6.45) is -3.37. The van der Waals surface area contributed by atoms with Crippen LogP contribution in [0.15, 0.2) is 35.2 Å². The van der Waals surface area contributed by atoms with Crippen LogP contribution < -0.4 is 0 Å². The maximum Gasteiger partial charge on any atom is 0.335 e. The van der Waals surface area contributed by atoms with Crippen LogP contribution in [0.3, 0.4) is 0 Å². The fraction of sp³-hybridized carbons (Fsp3) is 0.676. The molecule has 5 fully saturated rings. The molecule has 0 amide bonds. The normalized spacial score (nSPS) is 44.3. The first-order valence-electron chi connectivity index (χ1n) is 16.2. The lowest BCUT2D eigenvalue weighted by Gasteiger charge is -2.60. The smallest absolute Gasteiger partial charge is 0.335 e. The first kappa shape index (κ1) is 34.3. The van der Waals surface area contributed by atoms with Crippen molar-refractivity contribution in [1.82, 2.24) is 0 Å². The van der Waals surface area contributed by atoms with E-state index in [2.05, 4.69) is 6.58 Å². The maximum atomic E-state index is 14.1. The molecule has 3 N–H and O–H groups in total. The number of carbonyl (C=O) groups excluding carboxylic acids is 5. The van der Waals surface area contributed by atoms with Crippen molar-refractivity contribution in [3.8, 4) is 0 Å². The molecule has 5 aliphatic rings. The Hall–Kier alpha value is -3.59. The highest BCUT2D eigenvalue weighted by molar-refractivity contribution is 5.95. The van der Waals surface area contributed by atoms with Gasteiger partial charge in [-0.25, -0.2) is 4.79 Å². The minimum Gasteiger partial charge on any atom is -0.472 e. The Balaban J connectivity index is 1.58. The first-order chi connectivity index (χ1) is 22.5. The number of ether oxygens (including phenoxy) is 5. The molecule has 2 saturated heterocycles. The second kappa shape index (κ2) is 11.5. The molecule has 4 bridgehead atoms. The Kier molecular flexibility index (Phi) is 8.21. The van der Waals surface area contributed by atoms with Crippen molar-refractivity contribution in [1.29, 1.82) is 0 Å². The van der Waals surface area contributed by atoms with Crippen molar-refractivity contribution in [3.63, 3.8) is 0 Å². The van der Waals surface area contributed by atoms with Gasteiger partial charge in [0.1, 0.15) is 36.4 Å². The van der Waals surface area contributed by atoms with Gasteiger partial charge < -0.3 is 43.4 Å². The third kappa shape index (κ3) is 4.62. The minimum absolute atomic E-state index is 0.114. The molecule has 2 aliphatic heterocycles. The number of cyclic esters (lactones) is 1. The predicted octanol–water partition coefficient (Wildman–Crippen LogP) is 1.34. The monoisotopic (exact) mass is 674 g/mol. The third-order valence-corrected chi connectivity index (χ3v) is 11.9. The number of furan rings is 1. The van der Waals surface area contributed by atoms with E-state index in [4.69, 9.17) is 28.1 Å². The van der Waals surface area contributed by atoms with E-state index in [9.17, 15) is 39.3 Å². The highest BCUT2D eigenvalue weighted by Crippen LogP contribution is 2.70. The van der Waals surface area contributed by atoms with Gasteiger partial charge in [0.15, 0.2) is 23.3 Å². The SMILES string of the molecule is C=C1[C@@H]([C@]2(C)[C@@H](OC(C)=O)C[C@@]3(O)O[C@]4(C)COC(=O)[C@H]3[C@@H]24)[C@@H](OC=O)[C@H](OC(=O)[C@@H](O)[C@@H](C)CC)C2[C@H](c3ccoc3)CC(=O)[C@]12O. The number of aliphatic hydroxyl groups is 3. The van der Waals surface area contributed by atoms with Crippen molar-refractivity contribution >= 4 is 30.2 Å². The van der Waals surface area contributed by atoms with Crippen LogP contribution in [0.1, 0.15) is 65.4 Å². The number of carbonyl (C=O) groups is 5. The lowest BCUT2D eigenvalue weighted by atomic mass is 9.46. The Morgan fingerprint density at radius 1 is 1.17 bits per heavy atom. The molecule has 0 aromatic carbocycles. The zero-order valence-electron chi connectivity index (χ0n) is 27.5. The van der Waals surface area contributed by atoms with Crippen LogP contribution in [0.2, 0.25) is 0 Å². The van der Waals surface area contributed by atoms with Crippen LogP contribution in [-0.4, -0.2) is 93.5 Å². The van der Waals surface area contributed by atoms with Crippen molar-refractivity contribution in [3.05, 3.63) is 36.3 Å². The lowest BCUT2D eigenvalue weighted by molar-refractivity contribution is -0.255. The predicted molar refractivity (Wildman–Crippen MR) is 159 cm³/mol. The molecule has 262 valence electrons. The molecule has 1 unspecified atom stereocenters. The average Bonchev–Trinajstić information content (AvgIpc) is 3.68. The van der Waals surface area contributed by atoms with Crippen LogP contribution in [0.25, 0.3) is 0 Å². The van der Waals surface area contributed by atoms with Crippen LogP contribution in [0.5, 0.6) is 0 Å². The molecule has 0 radical (unpaired) electrons. The van der Waals surface area contributed by atoms with E-state index in [-0.39, 0.29) is 25.1 Å². The summed E-state index contributed by atoms with van der Waals surface area (Å²) in [7, 11) is 0. The zero-order chi connectivity index (χ0) is 35.1. The van der Waals surface area contributed by atoms with Gasteiger partial charge in [0.2, 0.25) is 0 Å². The van der Waals surface area contributed by atoms with Crippen molar-refractivity contribution in [2.75, 3.05) is 6.61 Å². The molecule has 0 spiro atoms. The van der Waals surface area contributed by atoms with E-state index in [0.29, 0.717) is 12.0 Å². The van der Waals surface area contributed by atoms with Gasteiger partial charge in [-0.1, -0.05) is 33.8 Å². The summed E-state index contributed by atoms with van der Waals surface area (Å²) in [5.74, 6) is -11.6. The summed E-state index contributed by atoms with van der Waals surface area (Å²) in [4.78, 5) is 66.0. The van der Waals surface area contributed by atoms with Crippen molar-refractivity contribution in [2.24, 2.45) is 35.0 Å². The van der Waals surface area contributed by atoms with E-state index in [1.54, 1.807) is 33.8 Å². The number of hydrogen-bond acceptors (Lipinski definition) is 14. The Labute approximate surface area is 276 Å². The van der Waals surface area contributed by atoms with Gasteiger partial charge in [-0.05, 0) is 30.0 Å². The highest BCUT2D eigenvalue weighted by atomic mass is 16.7. The summed E-state index contributed by atoms with van der Waals surface area (Å²) >= 11 is 0. The molecule has 3 saturated carbocycles. The molecule has 14 atom stereocenters. The standard InChI is InChI=1S/C34H42O14/c1-7-15(2)25(38)30(40)47-27-23-19(18-8-9-43-12-18)10-20(37)34(23,42)16(3)22(26(27)45-14-35)32(6)21(46-17(4)36)11-33(41)24-28(32)31(5,48-33)13-44-29(24)39/h8-9,12,14-15,19,21-28,38,41-42H,3,7,10-11,13H2,1-2,4-6H3/t15-,19-,21-,22+,23?,24+,25-,26+,27+,28+,31+,32-,33+,34+/m0/s1. The summed E-state index contributed by atoms with van der Waals surface area (Å²) in [6.45, 7) is 11.9. The van der Waals surface area contributed by atoms with E-state index >= 15 is 0 Å². The average molecular weight is 675 g/mol. The number of hydrogen-bond donors (Lipinski definition) is 3. The molecular formula is C34H42O14. The fourth-order valence-corrected chi connectivity index (χ4v) is 9.73. The lowest BCUT2D eigenvalue weighted by Crippen LogP contribution is -2.71. The van der Waals surface area contributed by atoms with Crippen LogP contribution in [0.4, 0.5) is 0 Å². The van der Waals surface area contributed by atoms with Gasteiger partial charge >= 0.3 is 17.9 Å². The summed E-state index contributed by atoms with van der Waals surface area (Å²) in [6, 6.07) is 1.60. The third-order valence-electron chi connectivity index (χ3n) is 11.9. The molecule has 14 heteroatoms. The zero-order valence-corrected chi connectivity index (χ0v) is 27.5. The largest absolute Gasteiger partial charge is 0.472 e. The van der Waals surface area contributed by atoms with Crippen molar-refractivity contribution < 1.29 is 67.4 Å². The summed E-state index contributed by atoms with van der Waals surface area (Å²) < 4.78 is 34.5. The fourth-order valence-electron chi connectivity index (χ4n) is 9.73. The Morgan fingerprint density at radius 2 is 1.88 bits per heavy atom. The Morgan fingerprint density at radius 3 is 2.48 bits per heavy atom. The van der Waals surface area contributed by atoms with Gasteiger partial charge in [-0.2, -0.15) is 0 Å². The summed E-state index contributed by atoms with van der Waals surface area (Å²) in [5.41, 5.74) is -4.95. The van der Waals surface area contributed by atoms with Crippen LogP contribution in [-0.2, 0) is 47.7 Å². The molecule has 6 rings (SSSR count). The highest BCUT2D eigenvalue weighted by Gasteiger charge is 2.80. The van der Waals surface area contributed by atoms with E-state index in [1.165, 1.54) is 12.5 Å². The quantitative estimate of drug-likeness (QED) is 0.146. The maximum absolute atomic E-state index is 14.1. The van der Waals surface area contributed by atoms with Gasteiger partial charge in [0.25, 0.3) is 6.47 Å². The Bertz CT molecular complexity index is 1520. The van der Waals surface area contributed by atoms with Crippen LogP contribution >= 0.6 is 0 Å². The first-order valence-corrected chi connectivity index (χ1v) is 16.2. The molecule has 1 aromatic heterocycles. The van der Waals surface area contributed by atoms with E-state index in [1.807, 2.05) is 0 Å². The molecule has 14 nitrogen and oxygen atoms in total. The van der Waals surface area contributed by atoms with E-state index < -0.39 is 112 Å². The minimum atomic E-state index is -2.39. The van der Waals surface area contributed by atoms with Gasteiger partial charge in [-0.3, -0.25) is 19.2 Å². The molecule has 48 heavy (non-hydrogen) atoms. The molecule has 3 aliphatic carbocycles. The second-order valence-electron chi connectivity index (χ2n) is 14.5. The number of fused-ring (bicyclic) bond motifs is 1. The van der Waals surface area contributed by atoms with Crippen molar-refractivity contribution in [2.45, 2.75) is 101 Å². The van der Waals surface area contributed by atoms with Gasteiger partial charge in [0, 0.05) is 48.9 Å². The van der Waals surface area contributed by atoms with Crippen LogP contribution in [0, 0.1) is 35.0 Å². The number of aliphatic hydroxyl groups excluding tert-OH is 1. The van der Waals surface area contributed by atoms with Gasteiger partial charge in [-0.15, -0.1) is 0 Å². The van der Waals surface area contributed by atoms with Gasteiger partial charge in [0.05, 0.1) is 12.5 Å². The topological polar surface area (TPSA) is 205 Å². The van der Waals surface area contributed by atoms with E-state index in [0.717, 1.165) is 6.92 Å².